The van der Waals surface area contributed by atoms with Crippen LogP contribution in [0.15, 0.2) is 30.3 Å². The smallest absolute Gasteiger partial charge is 0.229 e. The Labute approximate surface area is 124 Å². The van der Waals surface area contributed by atoms with E-state index in [9.17, 15) is 14.9 Å². The number of nitrogens with zero attached hydrogens (tertiary/aromatic N) is 1. The zero-order valence-corrected chi connectivity index (χ0v) is 12.6. The van der Waals surface area contributed by atoms with Crippen LogP contribution < -0.4 is 5.32 Å². The summed E-state index contributed by atoms with van der Waals surface area (Å²) < 4.78 is 5.96. The lowest BCUT2D eigenvalue weighted by Gasteiger charge is -2.29. The summed E-state index contributed by atoms with van der Waals surface area (Å²) >= 11 is 0. The molecule has 6 nitrogen and oxygen atoms in total. The van der Waals surface area contributed by atoms with Crippen molar-refractivity contribution in [1.82, 2.24) is 5.32 Å². The fourth-order valence-corrected chi connectivity index (χ4v) is 2.07. The van der Waals surface area contributed by atoms with E-state index in [0.29, 0.717) is 6.41 Å². The normalized spacial score (nSPS) is 15.2. The standard InChI is InChI=1S/C15H22N2O4/c1-11(2)14(9-17(19)20)21-15(12(3)16-10-18)13-7-5-4-6-8-13/h4-8,10-12,14-15H,9H2,1-3H3,(H,16,18)/t12-,14-,15+/m0/s1. The van der Waals surface area contributed by atoms with Gasteiger partial charge in [0.15, 0.2) is 0 Å². The number of carbonyl (C=O) groups excluding carboxylic acids is 1. The van der Waals surface area contributed by atoms with Gasteiger partial charge in [0.25, 0.3) is 0 Å². The van der Waals surface area contributed by atoms with Crippen LogP contribution in [0, 0.1) is 16.0 Å². The van der Waals surface area contributed by atoms with E-state index in [4.69, 9.17) is 4.74 Å². The maximum absolute atomic E-state index is 10.8. The maximum Gasteiger partial charge on any atom is 0.229 e. The van der Waals surface area contributed by atoms with Crippen LogP contribution in [0.2, 0.25) is 0 Å². The molecule has 0 unspecified atom stereocenters. The number of carbonyl (C=O) groups is 1. The van der Waals surface area contributed by atoms with Crippen molar-refractivity contribution in [2.24, 2.45) is 5.92 Å². The van der Waals surface area contributed by atoms with Gasteiger partial charge in [-0.15, -0.1) is 0 Å². The van der Waals surface area contributed by atoms with Gasteiger partial charge in [0.05, 0.1) is 6.04 Å². The minimum atomic E-state index is -0.513. The SMILES string of the molecule is CC(C)[C@H](C[N+](=O)[O-])O[C@@H](c1ccccc1)[C@H](C)NC=O. The molecule has 0 saturated carbocycles. The molecule has 0 saturated heterocycles. The second kappa shape index (κ2) is 8.36. The van der Waals surface area contributed by atoms with Gasteiger partial charge in [-0.3, -0.25) is 14.9 Å². The summed E-state index contributed by atoms with van der Waals surface area (Å²) in [5, 5.41) is 13.4. The Bertz CT molecular complexity index is 450. The third-order valence-corrected chi connectivity index (χ3v) is 3.31. The van der Waals surface area contributed by atoms with Crippen LogP contribution in [0.1, 0.15) is 32.4 Å². The maximum atomic E-state index is 10.8. The molecule has 1 N–H and O–H groups in total. The summed E-state index contributed by atoms with van der Waals surface area (Å²) in [5.41, 5.74) is 0.883. The van der Waals surface area contributed by atoms with Gasteiger partial charge >= 0.3 is 0 Å². The van der Waals surface area contributed by atoms with Crippen molar-refractivity contribution in [2.45, 2.75) is 39.0 Å². The van der Waals surface area contributed by atoms with Crippen LogP contribution in [0.4, 0.5) is 0 Å². The topological polar surface area (TPSA) is 81.5 Å². The van der Waals surface area contributed by atoms with Crippen LogP contribution in [0.3, 0.4) is 0 Å². The third kappa shape index (κ3) is 5.51. The number of nitrogens with one attached hydrogen (secondary N) is 1. The first-order chi connectivity index (χ1) is 9.95. The predicted molar refractivity (Wildman–Crippen MR) is 79.4 cm³/mol. The third-order valence-electron chi connectivity index (χ3n) is 3.31. The molecule has 116 valence electrons. The average molecular weight is 294 g/mol. The summed E-state index contributed by atoms with van der Waals surface area (Å²) in [5.74, 6) is 0.00467. The summed E-state index contributed by atoms with van der Waals surface area (Å²) in [7, 11) is 0. The zero-order chi connectivity index (χ0) is 15.8. The van der Waals surface area contributed by atoms with Gasteiger partial charge in [-0.2, -0.15) is 0 Å². The van der Waals surface area contributed by atoms with Gasteiger partial charge in [-0.1, -0.05) is 44.2 Å². The Morgan fingerprint density at radius 2 is 1.90 bits per heavy atom. The highest BCUT2D eigenvalue weighted by atomic mass is 16.6. The molecule has 1 amide bonds. The van der Waals surface area contributed by atoms with Gasteiger partial charge in [0.2, 0.25) is 13.0 Å². The summed E-state index contributed by atoms with van der Waals surface area (Å²) in [4.78, 5) is 21.1. The van der Waals surface area contributed by atoms with Gasteiger partial charge in [-0.05, 0) is 18.4 Å². The Morgan fingerprint density at radius 1 is 1.29 bits per heavy atom. The van der Waals surface area contributed by atoms with Crippen molar-refractivity contribution in [3.8, 4) is 0 Å². The van der Waals surface area contributed by atoms with Crippen molar-refractivity contribution in [3.63, 3.8) is 0 Å². The quantitative estimate of drug-likeness (QED) is 0.430. The first-order valence-corrected chi connectivity index (χ1v) is 6.97. The second-order valence-corrected chi connectivity index (χ2v) is 5.34. The van der Waals surface area contributed by atoms with Crippen molar-refractivity contribution in [2.75, 3.05) is 6.54 Å². The molecule has 1 aromatic rings. The van der Waals surface area contributed by atoms with Crippen molar-refractivity contribution < 1.29 is 14.5 Å². The van der Waals surface area contributed by atoms with Crippen LogP contribution in [-0.2, 0) is 9.53 Å². The van der Waals surface area contributed by atoms with Gasteiger partial charge in [0, 0.05) is 4.92 Å². The molecule has 1 aromatic carbocycles. The molecule has 6 heteroatoms. The van der Waals surface area contributed by atoms with E-state index in [1.165, 1.54) is 0 Å². The van der Waals surface area contributed by atoms with Crippen molar-refractivity contribution in [1.29, 1.82) is 0 Å². The molecule has 0 aliphatic rings. The molecule has 0 aliphatic carbocycles. The number of amides is 1. The van der Waals surface area contributed by atoms with Crippen LogP contribution >= 0.6 is 0 Å². The van der Waals surface area contributed by atoms with Crippen molar-refractivity contribution in [3.05, 3.63) is 46.0 Å². The van der Waals surface area contributed by atoms with E-state index in [1.807, 2.05) is 51.1 Å². The van der Waals surface area contributed by atoms with Gasteiger partial charge in [-0.25, -0.2) is 0 Å². The molecule has 0 fully saturated rings. The molecule has 1 rings (SSSR count). The van der Waals surface area contributed by atoms with Gasteiger partial charge in [0.1, 0.15) is 12.2 Å². The number of nitro groups is 1. The number of hydrogen-bond donors (Lipinski definition) is 1. The zero-order valence-electron chi connectivity index (χ0n) is 12.6. The fourth-order valence-electron chi connectivity index (χ4n) is 2.07. The summed E-state index contributed by atoms with van der Waals surface area (Å²) in [6.45, 7) is 5.33. The van der Waals surface area contributed by atoms with E-state index in [-0.39, 0.29) is 23.4 Å². The predicted octanol–water partition coefficient (Wildman–Crippen LogP) is 2.18. The lowest BCUT2D eigenvalue weighted by molar-refractivity contribution is -0.494. The largest absolute Gasteiger partial charge is 0.361 e. The molecular weight excluding hydrogens is 272 g/mol. The Balaban J connectivity index is 2.95. The van der Waals surface area contributed by atoms with E-state index in [0.717, 1.165) is 5.56 Å². The molecule has 0 aromatic heterocycles. The second-order valence-electron chi connectivity index (χ2n) is 5.34. The Hall–Kier alpha value is -1.95. The molecule has 0 bridgehead atoms. The van der Waals surface area contributed by atoms with Crippen LogP contribution in [0.5, 0.6) is 0 Å². The van der Waals surface area contributed by atoms with Crippen LogP contribution in [-0.4, -0.2) is 30.0 Å². The monoisotopic (exact) mass is 294 g/mol. The minimum Gasteiger partial charge on any atom is -0.361 e. The first-order valence-electron chi connectivity index (χ1n) is 6.97. The molecule has 0 aliphatic heterocycles. The van der Waals surface area contributed by atoms with E-state index >= 15 is 0 Å². The molecular formula is C15H22N2O4. The van der Waals surface area contributed by atoms with Crippen LogP contribution in [0.25, 0.3) is 0 Å². The van der Waals surface area contributed by atoms with Crippen molar-refractivity contribution >= 4 is 6.41 Å². The first kappa shape index (κ1) is 17.1. The highest BCUT2D eigenvalue weighted by Gasteiger charge is 2.28. The Kier molecular flexibility index (Phi) is 6.81. The molecule has 0 heterocycles. The minimum absolute atomic E-state index is 0.00467. The number of ether oxygens (including phenoxy) is 1. The Morgan fingerprint density at radius 3 is 2.38 bits per heavy atom. The number of hydrogen-bond acceptors (Lipinski definition) is 4. The van der Waals surface area contributed by atoms with Gasteiger partial charge < -0.3 is 10.1 Å². The molecule has 0 radical (unpaired) electrons. The molecule has 21 heavy (non-hydrogen) atoms. The number of benzene rings is 1. The number of rotatable bonds is 9. The lowest BCUT2D eigenvalue weighted by Crippen LogP contribution is -2.38. The molecule has 3 atom stereocenters. The van der Waals surface area contributed by atoms with E-state index in [2.05, 4.69) is 5.32 Å². The lowest BCUT2D eigenvalue weighted by atomic mass is 10.0. The van der Waals surface area contributed by atoms with E-state index < -0.39 is 12.2 Å². The fraction of sp³-hybridized carbons (Fsp3) is 0.533. The average Bonchev–Trinajstić information content (AvgIpc) is 2.43. The highest BCUT2D eigenvalue weighted by Crippen LogP contribution is 2.25. The summed E-state index contributed by atoms with van der Waals surface area (Å²) in [6, 6.07) is 9.12. The summed E-state index contributed by atoms with van der Waals surface area (Å²) in [6.07, 6.45) is -0.327. The van der Waals surface area contributed by atoms with E-state index in [1.54, 1.807) is 0 Å². The highest BCUT2D eigenvalue weighted by molar-refractivity contribution is 5.47. The molecule has 0 spiro atoms.